The van der Waals surface area contributed by atoms with Gasteiger partial charge in [-0.3, -0.25) is 14.9 Å². The molecule has 1 aliphatic carbocycles. The summed E-state index contributed by atoms with van der Waals surface area (Å²) in [6.07, 6.45) is 4.27. The fourth-order valence-corrected chi connectivity index (χ4v) is 3.89. The number of anilines is 1. The van der Waals surface area contributed by atoms with Crippen LogP contribution >= 0.6 is 23.1 Å². The van der Waals surface area contributed by atoms with E-state index < -0.39 is 0 Å². The van der Waals surface area contributed by atoms with Gasteiger partial charge >= 0.3 is 0 Å². The summed E-state index contributed by atoms with van der Waals surface area (Å²) in [6.45, 7) is -0.173. The van der Waals surface area contributed by atoms with Crippen LogP contribution in [0.5, 0.6) is 0 Å². The van der Waals surface area contributed by atoms with Crippen LogP contribution in [0.1, 0.15) is 23.8 Å². The first-order valence-corrected chi connectivity index (χ1v) is 10.5. The van der Waals surface area contributed by atoms with Crippen molar-refractivity contribution in [3.63, 3.8) is 0 Å². The first-order chi connectivity index (χ1) is 13.1. The number of nitrogens with zero attached hydrogens (tertiary/aromatic N) is 4. The standard InChI is InChI=1S/C18H17N5O2S2/c1-26-13-6-4-11(5-7-13)14-8-9-16(25)23(22-14)10-15(24)19-18-21-20-17(27-18)12-2-3-12/h4-9,12H,2-3,10H2,1H3,(H,19,21,24). The summed E-state index contributed by atoms with van der Waals surface area (Å²) in [5, 5.41) is 16.5. The van der Waals surface area contributed by atoms with Crippen molar-refractivity contribution in [3.05, 3.63) is 51.8 Å². The Hall–Kier alpha value is -2.52. The van der Waals surface area contributed by atoms with Gasteiger partial charge in [0.15, 0.2) is 0 Å². The fourth-order valence-electron chi connectivity index (χ4n) is 2.55. The molecular weight excluding hydrogens is 382 g/mol. The van der Waals surface area contributed by atoms with E-state index >= 15 is 0 Å². The minimum atomic E-state index is -0.349. The molecule has 1 aromatic carbocycles. The molecule has 1 N–H and O–H groups in total. The third kappa shape index (κ3) is 4.25. The average molecular weight is 400 g/mol. The zero-order valence-electron chi connectivity index (χ0n) is 14.6. The van der Waals surface area contributed by atoms with Gasteiger partial charge in [-0.2, -0.15) is 5.10 Å². The number of thioether (sulfide) groups is 1. The number of carbonyl (C=O) groups excluding carboxylic acids is 1. The molecule has 0 radical (unpaired) electrons. The number of aromatic nitrogens is 4. The number of carbonyl (C=O) groups is 1. The summed E-state index contributed by atoms with van der Waals surface area (Å²) in [4.78, 5) is 25.5. The van der Waals surface area contributed by atoms with E-state index in [9.17, 15) is 9.59 Å². The normalized spacial score (nSPS) is 13.5. The largest absolute Gasteiger partial charge is 0.299 e. The molecule has 3 aromatic rings. The number of benzene rings is 1. The van der Waals surface area contributed by atoms with Crippen LogP contribution in [-0.4, -0.2) is 32.1 Å². The lowest BCUT2D eigenvalue weighted by Gasteiger charge is -2.07. The third-order valence-electron chi connectivity index (χ3n) is 4.16. The van der Waals surface area contributed by atoms with E-state index in [1.807, 2.05) is 30.5 Å². The predicted molar refractivity (Wildman–Crippen MR) is 106 cm³/mol. The monoisotopic (exact) mass is 399 g/mol. The summed E-state index contributed by atoms with van der Waals surface area (Å²) < 4.78 is 1.16. The van der Waals surface area contributed by atoms with Crippen molar-refractivity contribution >= 4 is 34.1 Å². The molecule has 0 bridgehead atoms. The van der Waals surface area contributed by atoms with Gasteiger partial charge in [0.05, 0.1) is 5.69 Å². The number of nitrogens with one attached hydrogen (secondary N) is 1. The number of hydrogen-bond acceptors (Lipinski definition) is 7. The Morgan fingerprint density at radius 2 is 2.00 bits per heavy atom. The molecule has 27 heavy (non-hydrogen) atoms. The number of rotatable bonds is 6. The molecule has 9 heteroatoms. The van der Waals surface area contributed by atoms with Crippen LogP contribution in [0.4, 0.5) is 5.13 Å². The summed E-state index contributed by atoms with van der Waals surface area (Å²) >= 11 is 3.04. The van der Waals surface area contributed by atoms with Gasteiger partial charge in [-0.05, 0) is 37.3 Å². The SMILES string of the molecule is CSc1ccc(-c2ccc(=O)n(CC(=O)Nc3nnc(C4CC4)s3)n2)cc1. The molecule has 1 aliphatic rings. The lowest BCUT2D eigenvalue weighted by Crippen LogP contribution is -2.29. The summed E-state index contributed by atoms with van der Waals surface area (Å²) in [7, 11) is 0. The van der Waals surface area contributed by atoms with Crippen LogP contribution < -0.4 is 10.9 Å². The van der Waals surface area contributed by atoms with Crippen molar-refractivity contribution in [2.75, 3.05) is 11.6 Å². The second kappa shape index (κ2) is 7.61. The zero-order valence-corrected chi connectivity index (χ0v) is 16.2. The molecule has 2 aromatic heterocycles. The highest BCUT2D eigenvalue weighted by Crippen LogP contribution is 2.42. The second-order valence-electron chi connectivity index (χ2n) is 6.21. The topological polar surface area (TPSA) is 89.8 Å². The second-order valence-corrected chi connectivity index (χ2v) is 8.10. The van der Waals surface area contributed by atoms with E-state index in [2.05, 4.69) is 20.6 Å². The van der Waals surface area contributed by atoms with Crippen LogP contribution in [0, 0.1) is 0 Å². The Balaban J connectivity index is 1.48. The van der Waals surface area contributed by atoms with Gasteiger partial charge in [-0.25, -0.2) is 4.68 Å². The van der Waals surface area contributed by atoms with Gasteiger partial charge < -0.3 is 0 Å². The highest BCUT2D eigenvalue weighted by molar-refractivity contribution is 7.98. The highest BCUT2D eigenvalue weighted by atomic mass is 32.2. The molecule has 2 heterocycles. The first kappa shape index (κ1) is 17.9. The van der Waals surface area contributed by atoms with Crippen LogP contribution in [-0.2, 0) is 11.3 Å². The van der Waals surface area contributed by atoms with Crippen molar-refractivity contribution in [2.24, 2.45) is 0 Å². The van der Waals surface area contributed by atoms with Crippen molar-refractivity contribution in [1.82, 2.24) is 20.0 Å². The van der Waals surface area contributed by atoms with E-state index in [1.165, 1.54) is 17.4 Å². The number of hydrogen-bond donors (Lipinski definition) is 1. The molecule has 1 amide bonds. The van der Waals surface area contributed by atoms with E-state index in [1.54, 1.807) is 17.8 Å². The summed E-state index contributed by atoms with van der Waals surface area (Å²) in [5.41, 5.74) is 1.20. The molecule has 7 nitrogen and oxygen atoms in total. The van der Waals surface area contributed by atoms with Gasteiger partial charge in [-0.1, -0.05) is 23.5 Å². The highest BCUT2D eigenvalue weighted by Gasteiger charge is 2.27. The Morgan fingerprint density at radius 1 is 1.22 bits per heavy atom. The minimum absolute atomic E-state index is 0.173. The van der Waals surface area contributed by atoms with E-state index in [0.717, 1.165) is 33.0 Å². The van der Waals surface area contributed by atoms with Crippen molar-refractivity contribution in [3.8, 4) is 11.3 Å². The van der Waals surface area contributed by atoms with E-state index in [0.29, 0.717) is 16.7 Å². The molecule has 4 rings (SSSR count). The first-order valence-electron chi connectivity index (χ1n) is 8.48. The summed E-state index contributed by atoms with van der Waals surface area (Å²) in [6, 6.07) is 11.0. The lowest BCUT2D eigenvalue weighted by atomic mass is 10.1. The van der Waals surface area contributed by atoms with E-state index in [-0.39, 0.29) is 18.0 Å². The quantitative estimate of drug-likeness (QED) is 0.641. The molecule has 0 unspecified atom stereocenters. The molecule has 1 saturated carbocycles. The maximum atomic E-state index is 12.3. The third-order valence-corrected chi connectivity index (χ3v) is 5.90. The van der Waals surface area contributed by atoms with Crippen LogP contribution in [0.15, 0.2) is 46.1 Å². The minimum Gasteiger partial charge on any atom is -0.299 e. The van der Waals surface area contributed by atoms with Crippen LogP contribution in [0.25, 0.3) is 11.3 Å². The van der Waals surface area contributed by atoms with Crippen LogP contribution in [0.3, 0.4) is 0 Å². The molecule has 0 aliphatic heterocycles. The Morgan fingerprint density at radius 3 is 2.70 bits per heavy atom. The summed E-state index contributed by atoms with van der Waals surface area (Å²) in [5.74, 6) is 0.143. The van der Waals surface area contributed by atoms with Gasteiger partial charge in [0, 0.05) is 22.4 Å². The zero-order chi connectivity index (χ0) is 18.8. The molecule has 0 atom stereocenters. The van der Waals surface area contributed by atoms with Crippen LogP contribution in [0.2, 0.25) is 0 Å². The van der Waals surface area contributed by atoms with Crippen molar-refractivity contribution < 1.29 is 4.79 Å². The van der Waals surface area contributed by atoms with Crippen molar-refractivity contribution in [2.45, 2.75) is 30.2 Å². The molecule has 138 valence electrons. The number of amides is 1. The smallest absolute Gasteiger partial charge is 0.267 e. The Kier molecular flexibility index (Phi) is 5.04. The average Bonchev–Trinajstić information content (AvgIpc) is 3.43. The Labute approximate surface area is 163 Å². The van der Waals surface area contributed by atoms with Gasteiger partial charge in [0.25, 0.3) is 5.56 Å². The molecule has 0 saturated heterocycles. The fraction of sp³-hybridized carbons (Fsp3) is 0.278. The Bertz CT molecular complexity index is 1020. The van der Waals surface area contributed by atoms with Crippen molar-refractivity contribution in [1.29, 1.82) is 0 Å². The van der Waals surface area contributed by atoms with Gasteiger partial charge in [0.2, 0.25) is 11.0 Å². The van der Waals surface area contributed by atoms with E-state index in [4.69, 9.17) is 0 Å². The van der Waals surface area contributed by atoms with Gasteiger partial charge in [0.1, 0.15) is 11.6 Å². The maximum absolute atomic E-state index is 12.3. The molecule has 1 fully saturated rings. The molecular formula is C18H17N5O2S2. The molecule has 0 spiro atoms. The maximum Gasteiger partial charge on any atom is 0.267 e. The van der Waals surface area contributed by atoms with Gasteiger partial charge in [-0.15, -0.1) is 22.0 Å². The predicted octanol–water partition coefficient (Wildman–Crippen LogP) is 3.00. The lowest BCUT2D eigenvalue weighted by molar-refractivity contribution is -0.117.